The fourth-order valence-corrected chi connectivity index (χ4v) is 4.55. The zero-order valence-corrected chi connectivity index (χ0v) is 20.6. The third-order valence-corrected chi connectivity index (χ3v) is 6.38. The van der Waals surface area contributed by atoms with Gasteiger partial charge in [-0.15, -0.1) is 0 Å². The number of fused-ring (bicyclic) bond motifs is 1. The van der Waals surface area contributed by atoms with Crippen LogP contribution in [0.3, 0.4) is 0 Å². The number of anilines is 1. The highest BCUT2D eigenvalue weighted by atomic mass is 35.5. The standard InChI is InChI=1S/C27H26ClN3O4/c1-16-13-20(18(3)34-22-6-7-23(28)30-27(22)31-9-11-33-12-10-31)26-21(14-16)24(32)17(2)25(35-26)19-5-4-8-29-15-19/h4-8,13-15,18H,9-12H2,1-3H3/t18-/m1/s1. The molecule has 1 aromatic carbocycles. The summed E-state index contributed by atoms with van der Waals surface area (Å²) >= 11 is 6.22. The van der Waals surface area contributed by atoms with Crippen LogP contribution in [0.4, 0.5) is 5.82 Å². The topological polar surface area (TPSA) is 77.7 Å². The third-order valence-electron chi connectivity index (χ3n) is 6.17. The molecule has 3 aromatic heterocycles. The van der Waals surface area contributed by atoms with Gasteiger partial charge in [-0.2, -0.15) is 0 Å². The molecule has 0 radical (unpaired) electrons. The average Bonchev–Trinajstić information content (AvgIpc) is 2.88. The van der Waals surface area contributed by atoms with E-state index in [1.54, 1.807) is 25.4 Å². The normalized spacial score (nSPS) is 14.8. The van der Waals surface area contributed by atoms with Gasteiger partial charge in [0, 0.05) is 42.2 Å². The van der Waals surface area contributed by atoms with Gasteiger partial charge in [0.05, 0.1) is 18.6 Å². The summed E-state index contributed by atoms with van der Waals surface area (Å²) in [6, 6.07) is 11.1. The summed E-state index contributed by atoms with van der Waals surface area (Å²) in [5.74, 6) is 1.80. The monoisotopic (exact) mass is 491 g/mol. The van der Waals surface area contributed by atoms with E-state index in [1.807, 2.05) is 44.2 Å². The number of benzene rings is 1. The van der Waals surface area contributed by atoms with Crippen LogP contribution in [0.25, 0.3) is 22.3 Å². The maximum atomic E-state index is 13.3. The summed E-state index contributed by atoms with van der Waals surface area (Å²) in [4.78, 5) is 24.2. The molecule has 0 unspecified atom stereocenters. The Morgan fingerprint density at radius 2 is 1.94 bits per heavy atom. The van der Waals surface area contributed by atoms with E-state index in [1.165, 1.54) is 0 Å². The van der Waals surface area contributed by atoms with E-state index < -0.39 is 6.10 Å². The minimum Gasteiger partial charge on any atom is -0.482 e. The maximum absolute atomic E-state index is 13.3. The fraction of sp³-hybridized carbons (Fsp3) is 0.296. The molecule has 0 N–H and O–H groups in total. The number of rotatable bonds is 5. The molecular weight excluding hydrogens is 466 g/mol. The molecule has 180 valence electrons. The van der Waals surface area contributed by atoms with Gasteiger partial charge >= 0.3 is 0 Å². The molecule has 1 fully saturated rings. The number of aromatic nitrogens is 2. The molecule has 1 aliphatic rings. The zero-order chi connectivity index (χ0) is 24.5. The lowest BCUT2D eigenvalue weighted by molar-refractivity contribution is 0.121. The van der Waals surface area contributed by atoms with Crippen LogP contribution >= 0.6 is 11.6 Å². The van der Waals surface area contributed by atoms with Crippen molar-refractivity contribution in [2.45, 2.75) is 26.9 Å². The van der Waals surface area contributed by atoms with Gasteiger partial charge in [0.15, 0.2) is 17.0 Å². The first-order valence-corrected chi connectivity index (χ1v) is 11.9. The Balaban J connectivity index is 1.60. The van der Waals surface area contributed by atoms with Crippen molar-refractivity contribution in [3.05, 3.63) is 80.9 Å². The summed E-state index contributed by atoms with van der Waals surface area (Å²) in [7, 11) is 0. The van der Waals surface area contributed by atoms with E-state index in [0.29, 0.717) is 65.3 Å². The van der Waals surface area contributed by atoms with Crippen molar-refractivity contribution in [3.8, 4) is 17.1 Å². The van der Waals surface area contributed by atoms with Crippen LogP contribution in [0.15, 0.2) is 58.0 Å². The average molecular weight is 492 g/mol. The predicted octanol–water partition coefficient (Wildman–Crippen LogP) is 5.50. The third kappa shape index (κ3) is 4.61. The van der Waals surface area contributed by atoms with Crippen molar-refractivity contribution in [2.75, 3.05) is 31.2 Å². The van der Waals surface area contributed by atoms with E-state index in [4.69, 9.17) is 25.5 Å². The van der Waals surface area contributed by atoms with Crippen LogP contribution in [-0.4, -0.2) is 36.3 Å². The lowest BCUT2D eigenvalue weighted by Gasteiger charge is -2.30. The quantitative estimate of drug-likeness (QED) is 0.341. The second kappa shape index (κ2) is 9.68. The molecule has 5 rings (SSSR count). The summed E-state index contributed by atoms with van der Waals surface area (Å²) in [5, 5.41) is 0.929. The van der Waals surface area contributed by atoms with Gasteiger partial charge in [0.1, 0.15) is 22.6 Å². The number of aryl methyl sites for hydroxylation is 1. The fourth-order valence-electron chi connectivity index (χ4n) is 4.40. The van der Waals surface area contributed by atoms with Gasteiger partial charge in [-0.05, 0) is 62.7 Å². The SMILES string of the molecule is Cc1cc([C@@H](C)Oc2ccc(Cl)nc2N2CCOCC2)c2oc(-c3cccnc3)c(C)c(=O)c2c1. The number of morpholine rings is 1. The number of halogens is 1. The summed E-state index contributed by atoms with van der Waals surface area (Å²) in [5.41, 5.74) is 3.47. The molecule has 1 aliphatic heterocycles. The Morgan fingerprint density at radius 1 is 1.14 bits per heavy atom. The van der Waals surface area contributed by atoms with Crippen molar-refractivity contribution >= 4 is 28.4 Å². The Kier molecular flexibility index (Phi) is 6.45. The van der Waals surface area contributed by atoms with Gasteiger partial charge in [0.2, 0.25) is 0 Å². The van der Waals surface area contributed by atoms with Gasteiger partial charge in [0.25, 0.3) is 0 Å². The zero-order valence-electron chi connectivity index (χ0n) is 19.9. The van der Waals surface area contributed by atoms with Crippen LogP contribution in [0.5, 0.6) is 5.75 Å². The molecule has 0 amide bonds. The molecule has 1 saturated heterocycles. The minimum atomic E-state index is -0.423. The number of hydrogen-bond acceptors (Lipinski definition) is 7. The largest absolute Gasteiger partial charge is 0.482 e. The van der Waals surface area contributed by atoms with Gasteiger partial charge in [-0.3, -0.25) is 9.78 Å². The van der Waals surface area contributed by atoms with Crippen molar-refractivity contribution < 1.29 is 13.9 Å². The molecule has 0 saturated carbocycles. The Labute approximate surface area is 208 Å². The van der Waals surface area contributed by atoms with Gasteiger partial charge < -0.3 is 18.8 Å². The van der Waals surface area contributed by atoms with E-state index in [9.17, 15) is 4.79 Å². The Bertz CT molecular complexity index is 1430. The second-order valence-corrected chi connectivity index (χ2v) is 9.06. The molecule has 0 spiro atoms. The molecular formula is C27H26ClN3O4. The summed E-state index contributed by atoms with van der Waals surface area (Å²) in [6.07, 6.45) is 2.96. The first kappa shape index (κ1) is 23.3. The van der Waals surface area contributed by atoms with Crippen LogP contribution in [0.1, 0.15) is 29.7 Å². The van der Waals surface area contributed by atoms with Gasteiger partial charge in [-0.1, -0.05) is 11.6 Å². The van der Waals surface area contributed by atoms with E-state index in [0.717, 1.165) is 16.7 Å². The molecule has 0 aliphatic carbocycles. The highest BCUT2D eigenvalue weighted by Crippen LogP contribution is 2.36. The van der Waals surface area contributed by atoms with Crippen molar-refractivity contribution in [2.24, 2.45) is 0 Å². The summed E-state index contributed by atoms with van der Waals surface area (Å²) in [6.45, 7) is 8.32. The molecule has 0 bridgehead atoms. The molecule has 1 atom stereocenters. The van der Waals surface area contributed by atoms with Crippen LogP contribution < -0.4 is 15.1 Å². The molecule has 4 heterocycles. The molecule has 7 nitrogen and oxygen atoms in total. The number of nitrogens with zero attached hydrogens (tertiary/aromatic N) is 3. The van der Waals surface area contributed by atoms with E-state index in [2.05, 4.69) is 14.9 Å². The van der Waals surface area contributed by atoms with Gasteiger partial charge in [-0.25, -0.2) is 4.98 Å². The van der Waals surface area contributed by atoms with Crippen molar-refractivity contribution in [1.82, 2.24) is 9.97 Å². The molecule has 4 aromatic rings. The lowest BCUT2D eigenvalue weighted by Crippen LogP contribution is -2.37. The molecule has 35 heavy (non-hydrogen) atoms. The highest BCUT2D eigenvalue weighted by Gasteiger charge is 2.23. The number of ether oxygens (including phenoxy) is 2. The maximum Gasteiger partial charge on any atom is 0.196 e. The van der Waals surface area contributed by atoms with Crippen LogP contribution in [0, 0.1) is 13.8 Å². The van der Waals surface area contributed by atoms with Crippen LogP contribution in [-0.2, 0) is 4.74 Å². The minimum absolute atomic E-state index is 0.0654. The Morgan fingerprint density at radius 3 is 2.69 bits per heavy atom. The van der Waals surface area contributed by atoms with E-state index >= 15 is 0 Å². The molecule has 8 heteroatoms. The van der Waals surface area contributed by atoms with Crippen LogP contribution in [0.2, 0.25) is 5.15 Å². The number of hydrogen-bond donors (Lipinski definition) is 0. The predicted molar refractivity (Wildman–Crippen MR) is 137 cm³/mol. The summed E-state index contributed by atoms with van der Waals surface area (Å²) < 4.78 is 18.3. The first-order valence-electron chi connectivity index (χ1n) is 11.6. The Hall–Kier alpha value is -3.42. The van der Waals surface area contributed by atoms with E-state index in [-0.39, 0.29) is 5.43 Å². The van der Waals surface area contributed by atoms with Crippen molar-refractivity contribution in [3.63, 3.8) is 0 Å². The highest BCUT2D eigenvalue weighted by molar-refractivity contribution is 6.29. The second-order valence-electron chi connectivity index (χ2n) is 8.67. The smallest absolute Gasteiger partial charge is 0.196 e. The van der Waals surface area contributed by atoms with Crippen molar-refractivity contribution in [1.29, 1.82) is 0 Å². The number of pyridine rings is 2. The lowest BCUT2D eigenvalue weighted by atomic mass is 10.0. The first-order chi connectivity index (χ1) is 16.9.